The van der Waals surface area contributed by atoms with Crippen LogP contribution in [0.3, 0.4) is 0 Å². The summed E-state index contributed by atoms with van der Waals surface area (Å²) in [7, 11) is 0. The number of halogens is 1. The van der Waals surface area contributed by atoms with Crippen LogP contribution in [-0.4, -0.2) is 15.9 Å². The molecule has 2 rings (SSSR count). The molecule has 0 radical (unpaired) electrons. The number of nitrogens with zero attached hydrogens (tertiary/aromatic N) is 2. The number of carbonyl (C=O) groups is 1. The van der Waals surface area contributed by atoms with Gasteiger partial charge in [-0.15, -0.1) is 11.3 Å². The molecular weight excluding hydrogens is 292 g/mol. The van der Waals surface area contributed by atoms with Gasteiger partial charge < -0.3 is 11.1 Å². The van der Waals surface area contributed by atoms with E-state index < -0.39 is 0 Å². The Balaban J connectivity index is 2.14. The number of aromatic nitrogens is 2. The molecule has 0 saturated heterocycles. The fourth-order valence-corrected chi connectivity index (χ4v) is 1.97. The Kier molecular flexibility index (Phi) is 3.16. The molecule has 2 heterocycles. The Morgan fingerprint density at radius 1 is 1.44 bits per heavy atom. The van der Waals surface area contributed by atoms with Crippen molar-refractivity contribution in [3.05, 3.63) is 33.3 Å². The van der Waals surface area contributed by atoms with Gasteiger partial charge in [0.05, 0.1) is 18.1 Å². The quantitative estimate of drug-likeness (QED) is 0.890. The highest BCUT2D eigenvalue weighted by molar-refractivity contribution is 9.10. The molecule has 2 aromatic rings. The number of thiophene rings is 1. The third-order valence-electron chi connectivity index (χ3n) is 1.76. The second-order valence-corrected chi connectivity index (χ2v) is 4.61. The third kappa shape index (κ3) is 2.37. The molecule has 0 aromatic carbocycles. The topological polar surface area (TPSA) is 80.9 Å². The predicted octanol–water partition coefficient (Wildman–Crippen LogP) is 2.14. The summed E-state index contributed by atoms with van der Waals surface area (Å²) in [5, 5.41) is 4.37. The molecule has 2 aromatic heterocycles. The molecule has 0 saturated carbocycles. The van der Waals surface area contributed by atoms with E-state index in [0.717, 1.165) is 0 Å². The Hall–Kier alpha value is -1.47. The average molecular weight is 299 g/mol. The summed E-state index contributed by atoms with van der Waals surface area (Å²) in [6, 6.07) is 1.69. The van der Waals surface area contributed by atoms with Crippen LogP contribution in [0.4, 0.5) is 11.5 Å². The average Bonchev–Trinajstić information content (AvgIpc) is 2.68. The van der Waals surface area contributed by atoms with Gasteiger partial charge in [0.1, 0.15) is 9.48 Å². The van der Waals surface area contributed by atoms with Gasteiger partial charge in [0.25, 0.3) is 5.91 Å². The van der Waals surface area contributed by atoms with Crippen LogP contribution in [-0.2, 0) is 0 Å². The van der Waals surface area contributed by atoms with Gasteiger partial charge in [-0.2, -0.15) is 0 Å². The second kappa shape index (κ2) is 4.58. The third-order valence-corrected chi connectivity index (χ3v) is 3.10. The van der Waals surface area contributed by atoms with Crippen molar-refractivity contribution in [3.63, 3.8) is 0 Å². The molecule has 0 aliphatic rings. The minimum Gasteiger partial charge on any atom is -0.397 e. The zero-order valence-corrected chi connectivity index (χ0v) is 10.4. The molecular formula is C9H7BrN4OS. The molecule has 0 bridgehead atoms. The van der Waals surface area contributed by atoms with E-state index in [-0.39, 0.29) is 5.91 Å². The maximum absolute atomic E-state index is 11.7. The lowest BCUT2D eigenvalue weighted by atomic mass is 10.4. The molecule has 82 valence electrons. The number of hydrogen-bond donors (Lipinski definition) is 2. The molecule has 0 aliphatic carbocycles. The number of carbonyl (C=O) groups excluding carboxylic acids is 1. The maximum Gasteiger partial charge on any atom is 0.269 e. The Morgan fingerprint density at radius 3 is 2.81 bits per heavy atom. The van der Waals surface area contributed by atoms with Crippen LogP contribution in [0.1, 0.15) is 9.67 Å². The fourth-order valence-electron chi connectivity index (χ4n) is 1.05. The molecule has 3 N–H and O–H groups in total. The van der Waals surface area contributed by atoms with Crippen LogP contribution in [0.2, 0.25) is 0 Å². The van der Waals surface area contributed by atoms with E-state index in [0.29, 0.717) is 21.0 Å². The van der Waals surface area contributed by atoms with Crippen LogP contribution < -0.4 is 11.1 Å². The first-order chi connectivity index (χ1) is 7.66. The predicted molar refractivity (Wildman–Crippen MR) is 66.4 cm³/mol. The van der Waals surface area contributed by atoms with Crippen molar-refractivity contribution >= 4 is 44.7 Å². The molecule has 0 unspecified atom stereocenters. The van der Waals surface area contributed by atoms with Crippen molar-refractivity contribution in [1.82, 2.24) is 9.97 Å². The van der Waals surface area contributed by atoms with Crippen LogP contribution >= 0.6 is 27.3 Å². The van der Waals surface area contributed by atoms with Gasteiger partial charge in [0.2, 0.25) is 0 Å². The van der Waals surface area contributed by atoms with Crippen molar-refractivity contribution < 1.29 is 4.79 Å². The molecule has 1 amide bonds. The van der Waals surface area contributed by atoms with Crippen LogP contribution in [0.25, 0.3) is 0 Å². The van der Waals surface area contributed by atoms with Crippen LogP contribution in [0, 0.1) is 0 Å². The second-order valence-electron chi connectivity index (χ2n) is 2.88. The first-order valence-electron chi connectivity index (χ1n) is 4.28. The number of nitrogen functional groups attached to an aromatic ring is 1. The zero-order valence-electron chi connectivity index (χ0n) is 7.98. The smallest absolute Gasteiger partial charge is 0.269 e. The largest absolute Gasteiger partial charge is 0.397 e. The van der Waals surface area contributed by atoms with E-state index in [2.05, 4.69) is 31.2 Å². The minimum absolute atomic E-state index is 0.274. The fraction of sp³-hybridized carbons (Fsp3) is 0. The summed E-state index contributed by atoms with van der Waals surface area (Å²) in [5.74, 6) is 0.116. The summed E-state index contributed by atoms with van der Waals surface area (Å²) in [5.41, 5.74) is 6.09. The summed E-state index contributed by atoms with van der Waals surface area (Å²) in [6.07, 6.45) is 2.97. The van der Waals surface area contributed by atoms with E-state index in [9.17, 15) is 4.79 Å². The first kappa shape index (κ1) is 11.0. The Labute approximate surface area is 104 Å². The van der Waals surface area contributed by atoms with Gasteiger partial charge in [0.15, 0.2) is 5.82 Å². The van der Waals surface area contributed by atoms with E-state index in [1.807, 2.05) is 0 Å². The summed E-state index contributed by atoms with van der Waals surface area (Å²) < 4.78 is 0.612. The molecule has 16 heavy (non-hydrogen) atoms. The van der Waals surface area contributed by atoms with Gasteiger partial charge in [0, 0.05) is 0 Å². The molecule has 0 fully saturated rings. The highest BCUT2D eigenvalue weighted by Gasteiger charge is 2.11. The molecule has 7 heteroatoms. The van der Waals surface area contributed by atoms with Crippen molar-refractivity contribution in [2.24, 2.45) is 0 Å². The molecule has 0 aliphatic heterocycles. The summed E-state index contributed by atoms with van der Waals surface area (Å²) in [4.78, 5) is 20.1. The lowest BCUT2D eigenvalue weighted by molar-refractivity contribution is 0.103. The van der Waals surface area contributed by atoms with E-state index >= 15 is 0 Å². The Bertz CT molecular complexity index is 510. The van der Waals surface area contributed by atoms with Gasteiger partial charge >= 0.3 is 0 Å². The standard InChI is InChI=1S/C9H7BrN4OS/c10-6-3-13-7(4-12-6)14-9(15)8-5(11)1-2-16-8/h1-4H,11H2,(H,13,14,15). The number of rotatable bonds is 2. The number of amides is 1. The highest BCUT2D eigenvalue weighted by atomic mass is 79.9. The van der Waals surface area contributed by atoms with Gasteiger partial charge in [-0.05, 0) is 27.4 Å². The van der Waals surface area contributed by atoms with Crippen molar-refractivity contribution in [2.45, 2.75) is 0 Å². The molecule has 0 spiro atoms. The SMILES string of the molecule is Nc1ccsc1C(=O)Nc1cnc(Br)cn1. The molecule has 5 nitrogen and oxygen atoms in total. The van der Waals surface area contributed by atoms with Crippen molar-refractivity contribution in [3.8, 4) is 0 Å². The molecule has 0 atom stereocenters. The van der Waals surface area contributed by atoms with Crippen LogP contribution in [0.15, 0.2) is 28.4 Å². The zero-order chi connectivity index (χ0) is 11.5. The van der Waals surface area contributed by atoms with Crippen molar-refractivity contribution in [1.29, 1.82) is 0 Å². The lowest BCUT2D eigenvalue weighted by Crippen LogP contribution is -2.13. The van der Waals surface area contributed by atoms with Gasteiger partial charge in [-0.3, -0.25) is 4.79 Å². The van der Waals surface area contributed by atoms with E-state index in [1.165, 1.54) is 23.7 Å². The van der Waals surface area contributed by atoms with E-state index in [4.69, 9.17) is 5.73 Å². The minimum atomic E-state index is -0.274. The van der Waals surface area contributed by atoms with Gasteiger partial charge in [-0.1, -0.05) is 0 Å². The summed E-state index contributed by atoms with van der Waals surface area (Å²) >= 11 is 4.44. The maximum atomic E-state index is 11.7. The lowest BCUT2D eigenvalue weighted by Gasteiger charge is -2.02. The number of hydrogen-bond acceptors (Lipinski definition) is 5. The monoisotopic (exact) mass is 298 g/mol. The van der Waals surface area contributed by atoms with Gasteiger partial charge in [-0.25, -0.2) is 9.97 Å². The van der Waals surface area contributed by atoms with Crippen molar-refractivity contribution in [2.75, 3.05) is 11.1 Å². The summed E-state index contributed by atoms with van der Waals surface area (Å²) in [6.45, 7) is 0. The Morgan fingerprint density at radius 2 is 2.25 bits per heavy atom. The number of anilines is 2. The highest BCUT2D eigenvalue weighted by Crippen LogP contribution is 2.19. The number of nitrogens with two attached hydrogens (primary N) is 1. The van der Waals surface area contributed by atoms with E-state index in [1.54, 1.807) is 11.4 Å². The first-order valence-corrected chi connectivity index (χ1v) is 5.96. The normalized spacial score (nSPS) is 10.1. The number of nitrogens with one attached hydrogen (secondary N) is 1. The van der Waals surface area contributed by atoms with Crippen LogP contribution in [0.5, 0.6) is 0 Å².